The monoisotopic (exact) mass is 127 g/mol. The van der Waals surface area contributed by atoms with E-state index in [0.717, 1.165) is 5.92 Å². The highest BCUT2D eigenvalue weighted by Gasteiger charge is 1.98. The summed E-state index contributed by atoms with van der Waals surface area (Å²) in [6.45, 7) is 5.45. The zero-order chi connectivity index (χ0) is 7.28. The fourth-order valence-corrected chi connectivity index (χ4v) is 0.442. The van der Waals surface area contributed by atoms with E-state index in [2.05, 4.69) is 6.92 Å². The van der Waals surface area contributed by atoms with Gasteiger partial charge in [0.05, 0.1) is 0 Å². The molecular weight excluding hydrogens is 116 g/mol. The predicted octanol–water partition coefficient (Wildman–Crippen LogP) is 1.48. The summed E-state index contributed by atoms with van der Waals surface area (Å²) < 4.78 is 0. The van der Waals surface area contributed by atoms with E-state index in [9.17, 15) is 4.79 Å². The standard InChI is InChI=1S/C7H11O2/c1-6(2)4-3-5-7(8)9/h4H,1,3,5H2,2H3,(H,8,9). The minimum Gasteiger partial charge on any atom is -0.481 e. The van der Waals surface area contributed by atoms with E-state index >= 15 is 0 Å². The lowest BCUT2D eigenvalue weighted by molar-refractivity contribution is -0.136. The molecule has 0 saturated carbocycles. The largest absolute Gasteiger partial charge is 0.481 e. The van der Waals surface area contributed by atoms with Crippen LogP contribution in [0.4, 0.5) is 0 Å². The smallest absolute Gasteiger partial charge is 0.303 e. The molecule has 0 saturated heterocycles. The number of aliphatic carboxylic acids is 1. The Balaban J connectivity index is 3.01. The van der Waals surface area contributed by atoms with E-state index in [-0.39, 0.29) is 6.42 Å². The minimum atomic E-state index is -0.757. The van der Waals surface area contributed by atoms with E-state index in [1.54, 1.807) is 0 Å². The number of hydrogen-bond acceptors (Lipinski definition) is 1. The first kappa shape index (κ1) is 8.47. The summed E-state index contributed by atoms with van der Waals surface area (Å²) in [4.78, 5) is 9.93. The third-order valence-corrected chi connectivity index (χ3v) is 0.851. The second-order valence-corrected chi connectivity index (χ2v) is 1.98. The summed E-state index contributed by atoms with van der Waals surface area (Å²) in [6.07, 6.45) is 2.60. The molecule has 3 radical (unpaired) electrons. The summed E-state index contributed by atoms with van der Waals surface area (Å²) >= 11 is 0. The van der Waals surface area contributed by atoms with Crippen molar-refractivity contribution in [3.63, 3.8) is 0 Å². The van der Waals surface area contributed by atoms with E-state index < -0.39 is 5.97 Å². The predicted molar refractivity (Wildman–Crippen MR) is 35.4 cm³/mol. The molecule has 0 aromatic rings. The molecule has 0 aromatic heterocycles. The molecule has 0 aliphatic heterocycles. The van der Waals surface area contributed by atoms with Crippen molar-refractivity contribution in [2.24, 2.45) is 0 Å². The minimum absolute atomic E-state index is 0.201. The zero-order valence-corrected chi connectivity index (χ0v) is 5.55. The van der Waals surface area contributed by atoms with Crippen LogP contribution in [0.2, 0.25) is 0 Å². The molecule has 1 N–H and O–H groups in total. The molecule has 0 atom stereocenters. The highest BCUT2D eigenvalue weighted by atomic mass is 16.4. The molecule has 0 amide bonds. The fraction of sp³-hybridized carbons (Fsp3) is 0.429. The van der Waals surface area contributed by atoms with E-state index in [0.29, 0.717) is 6.42 Å². The maximum atomic E-state index is 9.93. The Hall–Kier alpha value is -0.530. The molecule has 0 aliphatic carbocycles. The number of carboxylic acid groups (broad SMARTS) is 1. The first-order chi connectivity index (χ1) is 4.13. The maximum Gasteiger partial charge on any atom is 0.303 e. The van der Waals surface area contributed by atoms with Crippen LogP contribution in [0.3, 0.4) is 0 Å². The van der Waals surface area contributed by atoms with Gasteiger partial charge in [0.25, 0.3) is 0 Å². The van der Waals surface area contributed by atoms with Gasteiger partial charge in [-0.25, -0.2) is 0 Å². The van der Waals surface area contributed by atoms with Gasteiger partial charge in [0.1, 0.15) is 0 Å². The van der Waals surface area contributed by atoms with Crippen molar-refractivity contribution in [3.05, 3.63) is 19.3 Å². The fourth-order valence-electron chi connectivity index (χ4n) is 0.442. The quantitative estimate of drug-likeness (QED) is 0.621. The second kappa shape index (κ2) is 4.36. The Labute approximate surface area is 55.9 Å². The lowest BCUT2D eigenvalue weighted by Crippen LogP contribution is -1.95. The SMILES string of the molecule is [CH2][C](C)[CH]CCC(=O)O. The third-order valence-electron chi connectivity index (χ3n) is 0.851. The van der Waals surface area contributed by atoms with Gasteiger partial charge >= 0.3 is 5.97 Å². The molecule has 51 valence electrons. The Bertz CT molecular complexity index is 86.9. The van der Waals surface area contributed by atoms with E-state index in [1.165, 1.54) is 0 Å². The van der Waals surface area contributed by atoms with Crippen molar-refractivity contribution in [1.29, 1.82) is 0 Å². The van der Waals surface area contributed by atoms with Crippen LogP contribution in [0, 0.1) is 19.3 Å². The molecule has 9 heavy (non-hydrogen) atoms. The van der Waals surface area contributed by atoms with Crippen LogP contribution in [0.15, 0.2) is 0 Å². The third kappa shape index (κ3) is 7.47. The summed E-state index contributed by atoms with van der Waals surface area (Å²) in [5.74, 6) is 0.170. The zero-order valence-electron chi connectivity index (χ0n) is 5.55. The number of carbonyl (C=O) groups is 1. The van der Waals surface area contributed by atoms with Crippen LogP contribution in [-0.4, -0.2) is 11.1 Å². The molecule has 0 fully saturated rings. The number of rotatable bonds is 4. The summed E-state index contributed by atoms with van der Waals surface area (Å²) in [6, 6.07) is 0. The van der Waals surface area contributed by atoms with Crippen LogP contribution in [0.5, 0.6) is 0 Å². The Kier molecular flexibility index (Phi) is 4.10. The first-order valence-electron chi connectivity index (χ1n) is 2.83. The van der Waals surface area contributed by atoms with Gasteiger partial charge in [-0.3, -0.25) is 4.79 Å². The summed E-state index contributed by atoms with van der Waals surface area (Å²) in [7, 11) is 0. The van der Waals surface area contributed by atoms with E-state index in [1.807, 2.05) is 13.3 Å². The van der Waals surface area contributed by atoms with Gasteiger partial charge in [0.15, 0.2) is 0 Å². The molecule has 0 heterocycles. The normalized spacial score (nSPS) is 10.1. The average molecular weight is 127 g/mol. The van der Waals surface area contributed by atoms with Crippen LogP contribution < -0.4 is 0 Å². The lowest BCUT2D eigenvalue weighted by Gasteiger charge is -1.98. The summed E-state index contributed by atoms with van der Waals surface area (Å²) in [5.41, 5.74) is 0. The molecule has 0 unspecified atom stereocenters. The highest BCUT2D eigenvalue weighted by molar-refractivity contribution is 5.66. The van der Waals surface area contributed by atoms with Gasteiger partial charge in [0.2, 0.25) is 0 Å². The topological polar surface area (TPSA) is 37.3 Å². The number of hydrogen-bond donors (Lipinski definition) is 1. The van der Waals surface area contributed by atoms with Crippen molar-refractivity contribution >= 4 is 5.97 Å². The maximum absolute atomic E-state index is 9.93. The molecule has 0 aromatic carbocycles. The Morgan fingerprint density at radius 3 is 2.67 bits per heavy atom. The van der Waals surface area contributed by atoms with Crippen molar-refractivity contribution in [1.82, 2.24) is 0 Å². The molecule has 0 bridgehead atoms. The molecule has 0 aliphatic rings. The average Bonchev–Trinajstić information content (AvgIpc) is 1.63. The van der Waals surface area contributed by atoms with Gasteiger partial charge in [-0.15, -0.1) is 0 Å². The Morgan fingerprint density at radius 2 is 2.33 bits per heavy atom. The van der Waals surface area contributed by atoms with Crippen LogP contribution in [-0.2, 0) is 4.79 Å². The molecule has 2 nitrogen and oxygen atoms in total. The van der Waals surface area contributed by atoms with Gasteiger partial charge < -0.3 is 5.11 Å². The summed E-state index contributed by atoms with van der Waals surface area (Å²) in [5, 5.41) is 8.18. The van der Waals surface area contributed by atoms with Crippen LogP contribution in [0.25, 0.3) is 0 Å². The lowest BCUT2D eigenvalue weighted by atomic mass is 10.1. The molecular formula is C7H11O2. The van der Waals surface area contributed by atoms with Crippen molar-refractivity contribution in [2.75, 3.05) is 0 Å². The number of carboxylic acids is 1. The van der Waals surface area contributed by atoms with Crippen LogP contribution in [0.1, 0.15) is 19.8 Å². The van der Waals surface area contributed by atoms with Crippen LogP contribution >= 0.6 is 0 Å². The highest BCUT2D eigenvalue weighted by Crippen LogP contribution is 2.05. The Morgan fingerprint density at radius 1 is 1.78 bits per heavy atom. The van der Waals surface area contributed by atoms with Crippen molar-refractivity contribution in [3.8, 4) is 0 Å². The van der Waals surface area contributed by atoms with Crippen molar-refractivity contribution < 1.29 is 9.90 Å². The van der Waals surface area contributed by atoms with Gasteiger partial charge in [-0.2, -0.15) is 0 Å². The van der Waals surface area contributed by atoms with Crippen molar-refractivity contribution in [2.45, 2.75) is 19.8 Å². The van der Waals surface area contributed by atoms with Gasteiger partial charge in [0, 0.05) is 6.42 Å². The molecule has 2 heteroatoms. The molecule has 0 rings (SSSR count). The first-order valence-corrected chi connectivity index (χ1v) is 2.83. The van der Waals surface area contributed by atoms with Gasteiger partial charge in [-0.05, 0) is 25.7 Å². The molecule has 0 spiro atoms. The van der Waals surface area contributed by atoms with Gasteiger partial charge in [-0.1, -0.05) is 6.92 Å². The van der Waals surface area contributed by atoms with E-state index in [4.69, 9.17) is 5.11 Å². The second-order valence-electron chi connectivity index (χ2n) is 1.98.